The van der Waals surface area contributed by atoms with Crippen molar-refractivity contribution < 1.29 is 9.53 Å². The highest BCUT2D eigenvalue weighted by atomic mass is 16.5. The van der Waals surface area contributed by atoms with Crippen molar-refractivity contribution in [1.29, 1.82) is 0 Å². The van der Waals surface area contributed by atoms with Crippen LogP contribution in [0, 0.1) is 11.3 Å². The summed E-state index contributed by atoms with van der Waals surface area (Å²) in [6, 6.07) is 0. The number of nitrogens with two attached hydrogens (primary N) is 1. The monoisotopic (exact) mass is 240 g/mol. The molecule has 2 rings (SSSR count). The smallest absolute Gasteiger partial charge is 0.229 e. The number of nitrogens with zero attached hydrogens (tertiary/aromatic N) is 1. The summed E-state index contributed by atoms with van der Waals surface area (Å²) in [5.41, 5.74) is 5.55. The molecular formula is C13H24N2O2. The van der Waals surface area contributed by atoms with Gasteiger partial charge in [-0.15, -0.1) is 0 Å². The molecule has 0 aromatic rings. The number of carbonyl (C=O) groups excluding carboxylic acids is 1. The predicted octanol–water partition coefficient (Wildman–Crippen LogP) is 1.00. The lowest BCUT2D eigenvalue weighted by Gasteiger charge is -2.42. The Bertz CT molecular complexity index is 265. The Kier molecular flexibility index (Phi) is 4.05. The molecule has 1 heterocycles. The van der Waals surface area contributed by atoms with Crippen molar-refractivity contribution in [3.63, 3.8) is 0 Å². The second-order valence-electron chi connectivity index (χ2n) is 5.58. The molecule has 2 N–H and O–H groups in total. The minimum absolute atomic E-state index is 0.222. The summed E-state index contributed by atoms with van der Waals surface area (Å²) in [5.74, 6) is 0.866. The van der Waals surface area contributed by atoms with Crippen molar-refractivity contribution >= 4 is 5.91 Å². The molecule has 0 atom stereocenters. The lowest BCUT2D eigenvalue weighted by atomic mass is 9.68. The van der Waals surface area contributed by atoms with E-state index in [9.17, 15) is 4.79 Å². The number of rotatable bonds is 4. The van der Waals surface area contributed by atoms with Gasteiger partial charge in [0.2, 0.25) is 5.91 Å². The van der Waals surface area contributed by atoms with Gasteiger partial charge in [0.1, 0.15) is 0 Å². The predicted molar refractivity (Wildman–Crippen MR) is 66.5 cm³/mol. The second kappa shape index (κ2) is 5.36. The summed E-state index contributed by atoms with van der Waals surface area (Å²) >= 11 is 0. The molecule has 0 spiro atoms. The fraction of sp³-hybridized carbons (Fsp3) is 0.923. The molecule has 1 saturated heterocycles. The van der Waals surface area contributed by atoms with Gasteiger partial charge >= 0.3 is 0 Å². The Hall–Kier alpha value is -0.610. The van der Waals surface area contributed by atoms with E-state index in [4.69, 9.17) is 10.5 Å². The average molecular weight is 240 g/mol. The molecule has 0 radical (unpaired) electrons. The first-order valence-electron chi connectivity index (χ1n) is 6.71. The van der Waals surface area contributed by atoms with Crippen LogP contribution in [0.1, 0.15) is 32.1 Å². The molecule has 0 unspecified atom stereocenters. The van der Waals surface area contributed by atoms with Gasteiger partial charge in [0, 0.05) is 33.4 Å². The maximum Gasteiger partial charge on any atom is 0.229 e. The third-order valence-corrected chi connectivity index (χ3v) is 4.37. The van der Waals surface area contributed by atoms with Crippen LogP contribution >= 0.6 is 0 Å². The van der Waals surface area contributed by atoms with Crippen molar-refractivity contribution in [2.45, 2.75) is 32.1 Å². The Morgan fingerprint density at radius 1 is 1.41 bits per heavy atom. The van der Waals surface area contributed by atoms with Crippen molar-refractivity contribution in [1.82, 2.24) is 4.90 Å². The number of hydrogen-bond acceptors (Lipinski definition) is 3. The van der Waals surface area contributed by atoms with Crippen LogP contribution < -0.4 is 5.73 Å². The normalized spacial score (nSPS) is 24.1. The largest absolute Gasteiger partial charge is 0.381 e. The molecule has 2 aliphatic rings. The fourth-order valence-corrected chi connectivity index (χ4v) is 2.91. The maximum atomic E-state index is 12.4. The van der Waals surface area contributed by atoms with Crippen molar-refractivity contribution in [2.24, 2.45) is 17.1 Å². The van der Waals surface area contributed by atoms with E-state index in [-0.39, 0.29) is 11.3 Å². The van der Waals surface area contributed by atoms with Crippen LogP contribution in [-0.4, -0.2) is 44.2 Å². The Balaban J connectivity index is 1.86. The van der Waals surface area contributed by atoms with Gasteiger partial charge in [0.15, 0.2) is 0 Å². The molecule has 1 aliphatic carbocycles. The number of ether oxygens (including phenoxy) is 1. The summed E-state index contributed by atoms with van der Waals surface area (Å²) in [7, 11) is 1.92. The molecular weight excluding hydrogens is 216 g/mol. The Morgan fingerprint density at radius 3 is 2.53 bits per heavy atom. The Labute approximate surface area is 103 Å². The lowest BCUT2D eigenvalue weighted by molar-refractivity contribution is -0.146. The Morgan fingerprint density at radius 2 is 2.06 bits per heavy atom. The summed E-state index contributed by atoms with van der Waals surface area (Å²) < 4.78 is 5.34. The van der Waals surface area contributed by atoms with Crippen LogP contribution in [0.25, 0.3) is 0 Å². The molecule has 98 valence electrons. The van der Waals surface area contributed by atoms with Gasteiger partial charge in [-0.1, -0.05) is 6.42 Å². The van der Waals surface area contributed by atoms with E-state index in [0.717, 1.165) is 51.9 Å². The number of carbonyl (C=O) groups is 1. The summed E-state index contributed by atoms with van der Waals surface area (Å²) in [4.78, 5) is 14.3. The fourth-order valence-electron chi connectivity index (χ4n) is 2.91. The van der Waals surface area contributed by atoms with E-state index in [1.165, 1.54) is 0 Å². The van der Waals surface area contributed by atoms with Crippen molar-refractivity contribution in [3.05, 3.63) is 0 Å². The third kappa shape index (κ3) is 2.63. The van der Waals surface area contributed by atoms with Gasteiger partial charge in [-0.05, 0) is 31.6 Å². The van der Waals surface area contributed by atoms with Crippen molar-refractivity contribution in [2.75, 3.05) is 33.4 Å². The van der Waals surface area contributed by atoms with E-state index in [1.807, 2.05) is 11.9 Å². The van der Waals surface area contributed by atoms with E-state index in [1.54, 1.807) is 0 Å². The van der Waals surface area contributed by atoms with E-state index < -0.39 is 0 Å². The number of amides is 1. The first-order valence-corrected chi connectivity index (χ1v) is 6.71. The topological polar surface area (TPSA) is 55.6 Å². The molecule has 1 saturated carbocycles. The van der Waals surface area contributed by atoms with Crippen LogP contribution in [0.4, 0.5) is 0 Å². The first kappa shape index (κ1) is 12.8. The zero-order valence-electron chi connectivity index (χ0n) is 10.8. The minimum atomic E-state index is -0.222. The van der Waals surface area contributed by atoms with Gasteiger partial charge < -0.3 is 15.4 Å². The van der Waals surface area contributed by atoms with Gasteiger partial charge in [-0.2, -0.15) is 0 Å². The molecule has 0 bridgehead atoms. The van der Waals surface area contributed by atoms with Crippen LogP contribution in [-0.2, 0) is 9.53 Å². The zero-order valence-corrected chi connectivity index (χ0v) is 10.8. The molecule has 0 aromatic carbocycles. The van der Waals surface area contributed by atoms with Gasteiger partial charge in [0.05, 0.1) is 5.41 Å². The van der Waals surface area contributed by atoms with E-state index in [0.29, 0.717) is 12.5 Å². The highest BCUT2D eigenvalue weighted by molar-refractivity contribution is 5.83. The van der Waals surface area contributed by atoms with E-state index in [2.05, 4.69) is 0 Å². The number of hydrogen-bond donors (Lipinski definition) is 1. The van der Waals surface area contributed by atoms with Crippen LogP contribution in [0.15, 0.2) is 0 Å². The summed E-state index contributed by atoms with van der Waals surface area (Å²) in [6.07, 6.45) is 5.25. The van der Waals surface area contributed by atoms with Gasteiger partial charge in [0.25, 0.3) is 0 Å². The van der Waals surface area contributed by atoms with E-state index >= 15 is 0 Å². The average Bonchev–Trinajstić information content (AvgIpc) is 2.29. The van der Waals surface area contributed by atoms with Crippen LogP contribution in [0.3, 0.4) is 0 Å². The van der Waals surface area contributed by atoms with Crippen LogP contribution in [0.2, 0.25) is 0 Å². The SMILES string of the molecule is CN(CC1CCOCC1)C(=O)C1(CN)CCC1. The highest BCUT2D eigenvalue weighted by Crippen LogP contribution is 2.41. The molecule has 17 heavy (non-hydrogen) atoms. The minimum Gasteiger partial charge on any atom is -0.381 e. The maximum absolute atomic E-state index is 12.4. The summed E-state index contributed by atoms with van der Waals surface area (Å²) in [5, 5.41) is 0. The zero-order chi connectivity index (χ0) is 12.3. The molecule has 2 fully saturated rings. The lowest BCUT2D eigenvalue weighted by Crippen LogP contribution is -2.51. The van der Waals surface area contributed by atoms with Gasteiger partial charge in [-0.3, -0.25) is 4.79 Å². The quantitative estimate of drug-likeness (QED) is 0.797. The van der Waals surface area contributed by atoms with Gasteiger partial charge in [-0.25, -0.2) is 0 Å². The summed E-state index contributed by atoms with van der Waals surface area (Å²) in [6.45, 7) is 3.05. The first-order chi connectivity index (χ1) is 8.18. The standard InChI is InChI=1S/C13H24N2O2/c1-15(9-11-3-7-17-8-4-11)12(16)13(10-14)5-2-6-13/h11H,2-10,14H2,1H3. The molecule has 1 amide bonds. The molecule has 0 aromatic heterocycles. The molecule has 4 nitrogen and oxygen atoms in total. The van der Waals surface area contributed by atoms with Crippen molar-refractivity contribution in [3.8, 4) is 0 Å². The highest BCUT2D eigenvalue weighted by Gasteiger charge is 2.44. The molecule has 4 heteroatoms. The molecule has 1 aliphatic heterocycles. The second-order valence-corrected chi connectivity index (χ2v) is 5.58. The van der Waals surface area contributed by atoms with Crippen LogP contribution in [0.5, 0.6) is 0 Å². The third-order valence-electron chi connectivity index (χ3n) is 4.37.